The van der Waals surface area contributed by atoms with Crippen molar-refractivity contribution in [3.8, 4) is 0 Å². The molecule has 4 rings (SSSR count). The van der Waals surface area contributed by atoms with Gasteiger partial charge in [0.15, 0.2) is 23.2 Å². The Morgan fingerprint density at radius 2 is 1.80 bits per heavy atom. The molecule has 4 nitrogen and oxygen atoms in total. The predicted molar refractivity (Wildman–Crippen MR) is 103 cm³/mol. The maximum absolute atomic E-state index is 13.8. The number of urea groups is 1. The SMILES string of the molecule is CC1C2CC(c3ccccc3)[C@@H]1CC(NC(=O)Nc1ccc(F)c(F)c1F)(OF)C2. The lowest BCUT2D eigenvalue weighted by Gasteiger charge is -2.41. The lowest BCUT2D eigenvalue weighted by atomic mass is 9.73. The minimum atomic E-state index is -1.69. The van der Waals surface area contributed by atoms with Crippen LogP contribution in [0.5, 0.6) is 0 Å². The molecule has 2 fully saturated rings. The Morgan fingerprint density at radius 3 is 2.50 bits per heavy atom. The van der Waals surface area contributed by atoms with Crippen molar-refractivity contribution >= 4 is 11.7 Å². The third kappa shape index (κ3) is 3.64. The summed E-state index contributed by atoms with van der Waals surface area (Å²) in [5, 5.41) is 4.57. The van der Waals surface area contributed by atoms with Crippen molar-refractivity contribution in [2.75, 3.05) is 5.32 Å². The minimum absolute atomic E-state index is 0.0854. The molecule has 2 N–H and O–H groups in total. The summed E-state index contributed by atoms with van der Waals surface area (Å²) < 4.78 is 54.0. The number of rotatable bonds is 4. The van der Waals surface area contributed by atoms with Crippen LogP contribution in [-0.4, -0.2) is 11.8 Å². The van der Waals surface area contributed by atoms with Gasteiger partial charge in [-0.3, -0.25) is 0 Å². The van der Waals surface area contributed by atoms with Gasteiger partial charge in [0.2, 0.25) is 0 Å². The highest BCUT2D eigenvalue weighted by molar-refractivity contribution is 5.89. The first-order chi connectivity index (χ1) is 14.3. The molecule has 30 heavy (non-hydrogen) atoms. The third-order valence-corrected chi connectivity index (χ3v) is 6.65. The molecule has 0 radical (unpaired) electrons. The second-order valence-corrected chi connectivity index (χ2v) is 8.32. The van der Waals surface area contributed by atoms with Gasteiger partial charge < -0.3 is 10.6 Å². The Labute approximate surface area is 171 Å². The van der Waals surface area contributed by atoms with Crippen molar-refractivity contribution in [1.82, 2.24) is 5.32 Å². The van der Waals surface area contributed by atoms with E-state index in [2.05, 4.69) is 22.5 Å². The molecule has 2 saturated carbocycles. The average Bonchev–Trinajstić information content (AvgIpc) is 2.93. The van der Waals surface area contributed by atoms with E-state index in [1.807, 2.05) is 30.3 Å². The molecule has 0 spiro atoms. The molecule has 8 heteroatoms. The summed E-state index contributed by atoms with van der Waals surface area (Å²) in [5.41, 5.74) is -0.945. The first kappa shape index (κ1) is 20.7. The van der Waals surface area contributed by atoms with Gasteiger partial charge in [-0.1, -0.05) is 37.3 Å². The summed E-state index contributed by atoms with van der Waals surface area (Å²) in [6.45, 7) is 2.12. The summed E-state index contributed by atoms with van der Waals surface area (Å²) >= 11 is 0. The molecule has 2 aromatic carbocycles. The van der Waals surface area contributed by atoms with Gasteiger partial charge in [-0.2, -0.15) is 4.94 Å². The zero-order valence-corrected chi connectivity index (χ0v) is 16.3. The fourth-order valence-corrected chi connectivity index (χ4v) is 5.17. The van der Waals surface area contributed by atoms with Crippen LogP contribution in [-0.2, 0) is 4.94 Å². The maximum atomic E-state index is 13.8. The van der Waals surface area contributed by atoms with Crippen molar-refractivity contribution < 1.29 is 27.4 Å². The highest BCUT2D eigenvalue weighted by Crippen LogP contribution is 2.57. The highest BCUT2D eigenvalue weighted by atomic mass is 19.3. The molecule has 0 aliphatic heterocycles. The Kier molecular flexibility index (Phi) is 5.44. The second-order valence-electron chi connectivity index (χ2n) is 8.32. The van der Waals surface area contributed by atoms with Crippen LogP contribution in [0.4, 0.5) is 28.2 Å². The van der Waals surface area contributed by atoms with Crippen molar-refractivity contribution in [2.45, 2.75) is 37.8 Å². The number of hydrogen-bond acceptors (Lipinski definition) is 2. The van der Waals surface area contributed by atoms with E-state index in [9.17, 15) is 22.5 Å². The number of hydrogen-bond donors (Lipinski definition) is 2. The van der Waals surface area contributed by atoms with Gasteiger partial charge in [-0.25, -0.2) is 18.0 Å². The van der Waals surface area contributed by atoms with Crippen LogP contribution in [0.3, 0.4) is 0 Å². The van der Waals surface area contributed by atoms with Crippen LogP contribution in [0.1, 0.15) is 37.7 Å². The fraction of sp³-hybridized carbons (Fsp3) is 0.409. The Morgan fingerprint density at radius 1 is 1.07 bits per heavy atom. The third-order valence-electron chi connectivity index (χ3n) is 6.65. The van der Waals surface area contributed by atoms with E-state index in [1.54, 1.807) is 0 Å². The van der Waals surface area contributed by atoms with Crippen molar-refractivity contribution in [3.05, 3.63) is 65.5 Å². The fourth-order valence-electron chi connectivity index (χ4n) is 5.17. The summed E-state index contributed by atoms with van der Waals surface area (Å²) in [4.78, 5) is 16.7. The van der Waals surface area contributed by atoms with Gasteiger partial charge in [0.05, 0.1) is 5.69 Å². The number of carbonyl (C=O) groups is 1. The number of amides is 2. The summed E-state index contributed by atoms with van der Waals surface area (Å²) in [6, 6.07) is 10.6. The van der Waals surface area contributed by atoms with Gasteiger partial charge >= 0.3 is 6.03 Å². The topological polar surface area (TPSA) is 50.4 Å². The summed E-state index contributed by atoms with van der Waals surface area (Å²) in [5.74, 6) is -3.83. The van der Waals surface area contributed by atoms with E-state index in [0.29, 0.717) is 12.0 Å². The number of halogens is 4. The van der Waals surface area contributed by atoms with E-state index in [-0.39, 0.29) is 30.6 Å². The number of anilines is 1. The maximum Gasteiger partial charge on any atom is 0.321 e. The second kappa shape index (κ2) is 7.91. The van der Waals surface area contributed by atoms with Gasteiger partial charge in [0.25, 0.3) is 0 Å². The van der Waals surface area contributed by atoms with Crippen LogP contribution < -0.4 is 10.6 Å². The molecular formula is C22H22F4N2O2. The molecule has 160 valence electrons. The van der Waals surface area contributed by atoms with E-state index in [4.69, 9.17) is 0 Å². The standard InChI is InChI=1S/C22H22F4N2O2/c1-12-14-9-15(13-5-3-2-4-6-13)16(12)11-22(10-14,30-26)28-21(29)27-18-8-7-17(23)19(24)20(18)25/h2-8,12,14-16H,9-11H2,1H3,(H2,27,28,29)/t12?,14?,15?,16-,22?/m1/s1. The van der Waals surface area contributed by atoms with Crippen LogP contribution in [0.15, 0.2) is 42.5 Å². The molecule has 0 saturated heterocycles. The number of benzene rings is 2. The van der Waals surface area contributed by atoms with Crippen LogP contribution in [0.2, 0.25) is 0 Å². The summed E-state index contributed by atoms with van der Waals surface area (Å²) in [6.07, 6.45) is 1.36. The molecule has 2 aromatic rings. The van der Waals surface area contributed by atoms with Gasteiger partial charge in [0.1, 0.15) is 0 Å². The van der Waals surface area contributed by atoms with E-state index in [1.165, 1.54) is 5.56 Å². The minimum Gasteiger partial charge on any atom is -0.307 e. The van der Waals surface area contributed by atoms with Crippen molar-refractivity contribution in [2.24, 2.45) is 17.8 Å². The molecular weight excluding hydrogens is 400 g/mol. The smallest absolute Gasteiger partial charge is 0.307 e. The van der Waals surface area contributed by atoms with Crippen molar-refractivity contribution in [3.63, 3.8) is 0 Å². The van der Waals surface area contributed by atoms with Crippen LogP contribution in [0, 0.1) is 35.2 Å². The highest BCUT2D eigenvalue weighted by Gasteiger charge is 2.54. The van der Waals surface area contributed by atoms with Crippen molar-refractivity contribution in [1.29, 1.82) is 0 Å². The molecule has 2 aliphatic carbocycles. The first-order valence-electron chi connectivity index (χ1n) is 9.91. The molecule has 0 heterocycles. The number of carbonyl (C=O) groups excluding carboxylic acids is 1. The number of nitrogens with one attached hydrogen (secondary N) is 2. The Balaban J connectivity index is 1.51. The quantitative estimate of drug-likeness (QED) is 0.379. The van der Waals surface area contributed by atoms with Gasteiger partial charge in [0, 0.05) is 12.8 Å². The zero-order chi connectivity index (χ0) is 21.5. The normalized spacial score (nSPS) is 30.2. The molecule has 4 unspecified atom stereocenters. The zero-order valence-electron chi connectivity index (χ0n) is 16.3. The lowest BCUT2D eigenvalue weighted by molar-refractivity contribution is -0.265. The van der Waals surface area contributed by atoms with E-state index < -0.39 is 34.9 Å². The first-order valence-corrected chi connectivity index (χ1v) is 9.91. The lowest BCUT2D eigenvalue weighted by Crippen LogP contribution is -2.55. The molecule has 0 aromatic heterocycles. The number of fused-ring (bicyclic) bond motifs is 2. The predicted octanol–water partition coefficient (Wildman–Crippen LogP) is 5.67. The van der Waals surface area contributed by atoms with E-state index in [0.717, 1.165) is 12.5 Å². The Bertz CT molecular complexity index is 942. The molecule has 5 atom stereocenters. The van der Waals surface area contributed by atoms with Crippen LogP contribution in [0.25, 0.3) is 0 Å². The van der Waals surface area contributed by atoms with Gasteiger partial charge in [-0.05, 0) is 52.3 Å². The van der Waals surface area contributed by atoms with Gasteiger partial charge in [-0.15, -0.1) is 0 Å². The Hall–Kier alpha value is -2.61. The van der Waals surface area contributed by atoms with E-state index >= 15 is 0 Å². The molecule has 2 aliphatic rings. The van der Waals surface area contributed by atoms with Crippen LogP contribution >= 0.6 is 0 Å². The molecule has 2 bridgehead atoms. The largest absolute Gasteiger partial charge is 0.321 e. The molecule has 2 amide bonds. The average molecular weight is 422 g/mol. The monoisotopic (exact) mass is 422 g/mol. The summed E-state index contributed by atoms with van der Waals surface area (Å²) in [7, 11) is 0.